The summed E-state index contributed by atoms with van der Waals surface area (Å²) in [7, 11) is 1.43. The van der Waals surface area contributed by atoms with Crippen LogP contribution in [0.5, 0.6) is 5.95 Å². The average Bonchev–Trinajstić information content (AvgIpc) is 2.52. The normalized spacial score (nSPS) is 9.50. The first kappa shape index (κ1) is 8.58. The largest absolute Gasteiger partial charge is 0.467 e. The van der Waals surface area contributed by atoms with E-state index in [0.717, 1.165) is 0 Å². The minimum atomic E-state index is -0.510. The van der Waals surface area contributed by atoms with E-state index in [1.165, 1.54) is 13.2 Å². The van der Waals surface area contributed by atoms with Crippen molar-refractivity contribution < 1.29 is 18.8 Å². The Labute approximate surface area is 69.2 Å². The summed E-state index contributed by atoms with van der Waals surface area (Å²) in [6.45, 7) is 2.03. The van der Waals surface area contributed by atoms with E-state index in [1.807, 2.05) is 0 Å². The minimum absolute atomic E-state index is 0.119. The second-order valence-electron chi connectivity index (χ2n) is 1.96. The van der Waals surface area contributed by atoms with Crippen LogP contribution < -0.4 is 4.74 Å². The Morgan fingerprint density at radius 2 is 2.50 bits per heavy atom. The van der Waals surface area contributed by atoms with Gasteiger partial charge in [0.25, 0.3) is 0 Å². The number of ether oxygens (including phenoxy) is 2. The molecule has 0 aliphatic rings. The van der Waals surface area contributed by atoms with Crippen LogP contribution >= 0.6 is 0 Å². The molecule has 0 aliphatic carbocycles. The topological polar surface area (TPSA) is 61.6 Å². The fraction of sp³-hybridized carbons (Fsp3) is 0.429. The molecule has 1 aromatic rings. The highest BCUT2D eigenvalue weighted by Gasteiger charge is 2.12. The molecule has 0 atom stereocenters. The molecule has 0 unspecified atom stereocenters. The van der Waals surface area contributed by atoms with Gasteiger partial charge < -0.3 is 14.0 Å². The van der Waals surface area contributed by atoms with Crippen molar-refractivity contribution in [2.75, 3.05) is 13.7 Å². The number of aromatic nitrogens is 1. The Bertz CT molecular complexity index is 268. The molecule has 0 saturated heterocycles. The van der Waals surface area contributed by atoms with Gasteiger partial charge in [-0.2, -0.15) is 0 Å². The summed E-state index contributed by atoms with van der Waals surface area (Å²) >= 11 is 0. The first-order valence-corrected chi connectivity index (χ1v) is 3.45. The van der Waals surface area contributed by atoms with Gasteiger partial charge in [0, 0.05) is 0 Å². The Hall–Kier alpha value is -1.52. The molecule has 0 N–H and O–H groups in total. The number of esters is 1. The predicted octanol–water partition coefficient (Wildman–Crippen LogP) is 0.860. The number of nitrogens with zero attached hydrogens (tertiary/aromatic N) is 1. The molecule has 0 amide bonds. The van der Waals surface area contributed by atoms with Crippen LogP contribution in [0.1, 0.15) is 17.4 Å². The third-order valence-corrected chi connectivity index (χ3v) is 1.17. The molecule has 1 rings (SSSR count). The number of carbonyl (C=O) groups excluding carboxylic acids is 1. The highest BCUT2D eigenvalue weighted by molar-refractivity contribution is 5.87. The zero-order valence-corrected chi connectivity index (χ0v) is 6.86. The van der Waals surface area contributed by atoms with Crippen LogP contribution in [-0.4, -0.2) is 24.8 Å². The Balaban J connectivity index is 2.68. The minimum Gasteiger partial charge on any atom is -0.467 e. The standard InChI is InChI=1S/C7H9NO4/c1-3-11-7(9)5-4-6(10-2)12-8-5/h4H,3H2,1-2H3. The number of methoxy groups -OCH3 is 1. The zero-order valence-electron chi connectivity index (χ0n) is 6.86. The third kappa shape index (κ3) is 1.75. The fourth-order valence-corrected chi connectivity index (χ4v) is 0.656. The first-order valence-electron chi connectivity index (χ1n) is 3.45. The van der Waals surface area contributed by atoms with Crippen molar-refractivity contribution in [2.45, 2.75) is 6.92 Å². The van der Waals surface area contributed by atoms with Gasteiger partial charge in [-0.25, -0.2) is 4.79 Å². The Morgan fingerprint density at radius 1 is 1.75 bits per heavy atom. The van der Waals surface area contributed by atoms with Crippen molar-refractivity contribution in [3.63, 3.8) is 0 Å². The molecule has 0 spiro atoms. The molecule has 0 aliphatic heterocycles. The maximum atomic E-state index is 11.0. The van der Waals surface area contributed by atoms with Gasteiger partial charge in [-0.1, -0.05) is 5.16 Å². The molecule has 0 saturated carbocycles. The lowest BCUT2D eigenvalue weighted by molar-refractivity contribution is 0.0514. The second-order valence-corrected chi connectivity index (χ2v) is 1.96. The number of hydrogen-bond acceptors (Lipinski definition) is 5. The van der Waals surface area contributed by atoms with Crippen LogP contribution in [0.3, 0.4) is 0 Å². The molecule has 1 heterocycles. The van der Waals surface area contributed by atoms with Crippen molar-refractivity contribution >= 4 is 5.97 Å². The molecular formula is C7H9NO4. The molecule has 1 aromatic heterocycles. The van der Waals surface area contributed by atoms with Crippen LogP contribution in [0.2, 0.25) is 0 Å². The number of rotatable bonds is 3. The lowest BCUT2D eigenvalue weighted by atomic mass is 10.4. The molecule has 0 bridgehead atoms. The highest BCUT2D eigenvalue weighted by Crippen LogP contribution is 2.11. The lowest BCUT2D eigenvalue weighted by Gasteiger charge is -1.94. The van der Waals surface area contributed by atoms with E-state index in [-0.39, 0.29) is 11.6 Å². The van der Waals surface area contributed by atoms with Crippen molar-refractivity contribution in [1.29, 1.82) is 0 Å². The van der Waals surface area contributed by atoms with Crippen molar-refractivity contribution in [1.82, 2.24) is 5.16 Å². The van der Waals surface area contributed by atoms with Gasteiger partial charge in [-0.05, 0) is 6.92 Å². The SMILES string of the molecule is CCOC(=O)c1cc(OC)on1. The number of carbonyl (C=O) groups is 1. The molecule has 66 valence electrons. The van der Waals surface area contributed by atoms with Crippen molar-refractivity contribution in [3.05, 3.63) is 11.8 Å². The zero-order chi connectivity index (χ0) is 8.97. The molecule has 0 radical (unpaired) electrons. The third-order valence-electron chi connectivity index (χ3n) is 1.17. The van der Waals surface area contributed by atoms with Gasteiger partial charge in [0.2, 0.25) is 0 Å². The highest BCUT2D eigenvalue weighted by atomic mass is 16.6. The number of hydrogen-bond donors (Lipinski definition) is 0. The molecule has 5 heteroatoms. The van der Waals surface area contributed by atoms with E-state index in [0.29, 0.717) is 6.61 Å². The lowest BCUT2D eigenvalue weighted by Crippen LogP contribution is -2.04. The first-order chi connectivity index (χ1) is 5.77. The summed E-state index contributed by atoms with van der Waals surface area (Å²) in [6.07, 6.45) is 0. The summed E-state index contributed by atoms with van der Waals surface area (Å²) in [6, 6.07) is 1.37. The second kappa shape index (κ2) is 3.75. The van der Waals surface area contributed by atoms with Crippen LogP contribution in [0.15, 0.2) is 10.6 Å². The van der Waals surface area contributed by atoms with Gasteiger partial charge in [0.15, 0.2) is 5.69 Å². The molecule has 5 nitrogen and oxygen atoms in total. The van der Waals surface area contributed by atoms with Gasteiger partial charge >= 0.3 is 11.9 Å². The monoisotopic (exact) mass is 171 g/mol. The fourth-order valence-electron chi connectivity index (χ4n) is 0.656. The van der Waals surface area contributed by atoms with Crippen LogP contribution in [0.25, 0.3) is 0 Å². The van der Waals surface area contributed by atoms with E-state index in [1.54, 1.807) is 6.92 Å². The predicted molar refractivity (Wildman–Crippen MR) is 39.0 cm³/mol. The van der Waals surface area contributed by atoms with Crippen LogP contribution in [0.4, 0.5) is 0 Å². The van der Waals surface area contributed by atoms with Gasteiger partial charge in [-0.15, -0.1) is 0 Å². The maximum absolute atomic E-state index is 11.0. The van der Waals surface area contributed by atoms with Crippen LogP contribution in [-0.2, 0) is 4.74 Å². The van der Waals surface area contributed by atoms with Crippen LogP contribution in [0, 0.1) is 0 Å². The van der Waals surface area contributed by atoms with E-state index < -0.39 is 5.97 Å². The molecule has 12 heavy (non-hydrogen) atoms. The van der Waals surface area contributed by atoms with Gasteiger partial charge in [-0.3, -0.25) is 0 Å². The van der Waals surface area contributed by atoms with E-state index in [2.05, 4.69) is 19.2 Å². The summed E-state index contributed by atoms with van der Waals surface area (Å²) in [5.74, 6) is -0.317. The van der Waals surface area contributed by atoms with Crippen molar-refractivity contribution in [2.24, 2.45) is 0 Å². The summed E-state index contributed by atoms with van der Waals surface area (Å²) in [5, 5.41) is 3.43. The molecular weight excluding hydrogens is 162 g/mol. The molecule has 0 fully saturated rings. The van der Waals surface area contributed by atoms with E-state index >= 15 is 0 Å². The maximum Gasteiger partial charge on any atom is 0.360 e. The smallest absolute Gasteiger partial charge is 0.360 e. The Morgan fingerprint density at radius 3 is 3.00 bits per heavy atom. The summed E-state index contributed by atoms with van der Waals surface area (Å²) in [5.41, 5.74) is 0.119. The van der Waals surface area contributed by atoms with E-state index in [9.17, 15) is 4.79 Å². The summed E-state index contributed by atoms with van der Waals surface area (Å²) < 4.78 is 14.0. The molecule has 0 aromatic carbocycles. The van der Waals surface area contributed by atoms with Gasteiger partial charge in [0.1, 0.15) is 0 Å². The average molecular weight is 171 g/mol. The van der Waals surface area contributed by atoms with E-state index in [4.69, 9.17) is 0 Å². The quantitative estimate of drug-likeness (QED) is 0.631. The van der Waals surface area contributed by atoms with Gasteiger partial charge in [0.05, 0.1) is 19.8 Å². The Kier molecular flexibility index (Phi) is 2.68. The summed E-state index contributed by atoms with van der Waals surface area (Å²) in [4.78, 5) is 11.0. The van der Waals surface area contributed by atoms with Crippen molar-refractivity contribution in [3.8, 4) is 5.95 Å².